The van der Waals surface area contributed by atoms with Crippen molar-refractivity contribution in [3.63, 3.8) is 0 Å². The number of morpholine rings is 1. The van der Waals surface area contributed by atoms with Gasteiger partial charge in [-0.1, -0.05) is 13.8 Å². The molecule has 2 unspecified atom stereocenters. The zero-order chi connectivity index (χ0) is 18.9. The normalized spacial score (nSPS) is 24.0. The van der Waals surface area contributed by atoms with Crippen molar-refractivity contribution in [2.75, 3.05) is 59.5 Å². The summed E-state index contributed by atoms with van der Waals surface area (Å²) in [5.41, 5.74) is 0. The molecule has 7 heteroatoms. The molecule has 2 aliphatic rings. The molecule has 0 radical (unpaired) electrons. The second kappa shape index (κ2) is 13.2. The number of piperidine rings is 1. The Balaban J connectivity index is 0.00000364. The van der Waals surface area contributed by atoms with Crippen LogP contribution in [0.2, 0.25) is 0 Å². The molecule has 0 aromatic heterocycles. The topological polar surface area (TPSA) is 52.1 Å². The van der Waals surface area contributed by atoms with Crippen LogP contribution in [0.4, 0.5) is 0 Å². The van der Waals surface area contributed by atoms with E-state index < -0.39 is 0 Å². The highest BCUT2D eigenvalue weighted by Gasteiger charge is 2.24. The molecule has 2 fully saturated rings. The van der Waals surface area contributed by atoms with Gasteiger partial charge < -0.3 is 20.3 Å². The minimum atomic E-state index is 0. The Morgan fingerprint density at radius 2 is 1.78 bits per heavy atom. The Morgan fingerprint density at radius 1 is 1.07 bits per heavy atom. The third-order valence-electron chi connectivity index (χ3n) is 5.83. The monoisotopic (exact) mass is 495 g/mol. The van der Waals surface area contributed by atoms with Gasteiger partial charge in [0.2, 0.25) is 0 Å². The predicted octanol–water partition coefficient (Wildman–Crippen LogP) is 2.25. The molecule has 0 aromatic rings. The molecule has 2 rings (SSSR count). The molecular formula is C20H42IN5O. The summed E-state index contributed by atoms with van der Waals surface area (Å²) in [6.07, 6.45) is 2.62. The Bertz CT molecular complexity index is 427. The molecule has 0 spiro atoms. The first-order valence-electron chi connectivity index (χ1n) is 10.5. The van der Waals surface area contributed by atoms with Gasteiger partial charge in [0.25, 0.3) is 0 Å². The first kappa shape index (κ1) is 24.9. The van der Waals surface area contributed by atoms with E-state index in [1.165, 1.54) is 25.9 Å². The summed E-state index contributed by atoms with van der Waals surface area (Å²) in [7, 11) is 1.87. The number of likely N-dealkylation sites (tertiary alicyclic amines) is 1. The van der Waals surface area contributed by atoms with Gasteiger partial charge in [-0.25, -0.2) is 0 Å². The van der Waals surface area contributed by atoms with Crippen LogP contribution in [0.25, 0.3) is 0 Å². The second-order valence-electron chi connectivity index (χ2n) is 8.39. The van der Waals surface area contributed by atoms with Crippen molar-refractivity contribution >= 4 is 29.9 Å². The maximum atomic E-state index is 5.51. The molecule has 160 valence electrons. The number of rotatable bonds is 7. The van der Waals surface area contributed by atoms with Crippen LogP contribution in [-0.4, -0.2) is 87.4 Å². The molecule has 2 aliphatic heterocycles. The van der Waals surface area contributed by atoms with E-state index in [2.05, 4.69) is 53.1 Å². The van der Waals surface area contributed by atoms with Crippen LogP contribution in [0.15, 0.2) is 4.99 Å². The highest BCUT2D eigenvalue weighted by molar-refractivity contribution is 14.0. The number of aliphatic imine (C=N–C) groups is 1. The standard InChI is InChI=1S/C20H41N5O.HI/c1-16(2)19(24-9-11-26-12-10-24)14-23-20(21-5)22-13-18-7-6-8-25(15-18)17(3)4;/h16-19H,6-15H2,1-5H3,(H2,21,22,23);1H. The minimum Gasteiger partial charge on any atom is -0.379 e. The highest BCUT2D eigenvalue weighted by Crippen LogP contribution is 2.17. The highest BCUT2D eigenvalue weighted by atomic mass is 127. The Kier molecular flexibility index (Phi) is 12.2. The van der Waals surface area contributed by atoms with Crippen molar-refractivity contribution in [1.82, 2.24) is 20.4 Å². The summed E-state index contributed by atoms with van der Waals surface area (Å²) in [5, 5.41) is 7.13. The van der Waals surface area contributed by atoms with E-state index in [1.807, 2.05) is 7.05 Å². The maximum absolute atomic E-state index is 5.51. The fourth-order valence-electron chi connectivity index (χ4n) is 4.09. The van der Waals surface area contributed by atoms with Crippen LogP contribution in [-0.2, 0) is 4.74 Å². The van der Waals surface area contributed by atoms with Gasteiger partial charge in [0.05, 0.1) is 13.2 Å². The van der Waals surface area contributed by atoms with Crippen molar-refractivity contribution < 1.29 is 4.74 Å². The summed E-state index contributed by atoms with van der Waals surface area (Å²) in [6.45, 7) is 17.4. The molecule has 2 saturated heterocycles. The quantitative estimate of drug-likeness (QED) is 0.323. The van der Waals surface area contributed by atoms with Crippen molar-refractivity contribution in [3.05, 3.63) is 0 Å². The van der Waals surface area contributed by atoms with E-state index in [9.17, 15) is 0 Å². The Morgan fingerprint density at radius 3 is 2.37 bits per heavy atom. The summed E-state index contributed by atoms with van der Waals surface area (Å²) in [5.74, 6) is 2.26. The van der Waals surface area contributed by atoms with Gasteiger partial charge in [-0.3, -0.25) is 9.89 Å². The molecule has 0 saturated carbocycles. The van der Waals surface area contributed by atoms with Crippen molar-refractivity contribution in [2.45, 2.75) is 52.6 Å². The number of hydrogen-bond donors (Lipinski definition) is 2. The van der Waals surface area contributed by atoms with Gasteiger partial charge in [-0.15, -0.1) is 24.0 Å². The third kappa shape index (κ3) is 8.41. The van der Waals surface area contributed by atoms with E-state index >= 15 is 0 Å². The van der Waals surface area contributed by atoms with Crippen LogP contribution in [0.5, 0.6) is 0 Å². The number of nitrogens with zero attached hydrogens (tertiary/aromatic N) is 3. The molecule has 2 atom stereocenters. The smallest absolute Gasteiger partial charge is 0.191 e. The second-order valence-corrected chi connectivity index (χ2v) is 8.39. The fourth-order valence-corrected chi connectivity index (χ4v) is 4.09. The number of hydrogen-bond acceptors (Lipinski definition) is 4. The average Bonchev–Trinajstić information content (AvgIpc) is 2.65. The molecule has 2 heterocycles. The van der Waals surface area contributed by atoms with E-state index in [1.54, 1.807) is 0 Å². The lowest BCUT2D eigenvalue weighted by Crippen LogP contribution is -2.53. The van der Waals surface area contributed by atoms with Gasteiger partial charge in [-0.2, -0.15) is 0 Å². The van der Waals surface area contributed by atoms with Crippen LogP contribution >= 0.6 is 24.0 Å². The lowest BCUT2D eigenvalue weighted by Gasteiger charge is -2.37. The molecule has 0 amide bonds. The van der Waals surface area contributed by atoms with E-state index in [0.29, 0.717) is 23.9 Å². The van der Waals surface area contributed by atoms with Crippen LogP contribution < -0.4 is 10.6 Å². The van der Waals surface area contributed by atoms with Crippen LogP contribution in [0.3, 0.4) is 0 Å². The first-order chi connectivity index (χ1) is 12.5. The number of halogens is 1. The predicted molar refractivity (Wildman–Crippen MR) is 125 cm³/mol. The minimum absolute atomic E-state index is 0. The molecule has 0 aliphatic carbocycles. The lowest BCUT2D eigenvalue weighted by molar-refractivity contribution is 0.00751. The number of guanidine groups is 1. The zero-order valence-electron chi connectivity index (χ0n) is 18.0. The van der Waals surface area contributed by atoms with Gasteiger partial charge in [0.1, 0.15) is 0 Å². The summed E-state index contributed by atoms with van der Waals surface area (Å²) >= 11 is 0. The molecule has 27 heavy (non-hydrogen) atoms. The van der Waals surface area contributed by atoms with Crippen molar-refractivity contribution in [3.8, 4) is 0 Å². The van der Waals surface area contributed by atoms with Gasteiger partial charge in [0, 0.05) is 51.9 Å². The van der Waals surface area contributed by atoms with E-state index in [-0.39, 0.29) is 24.0 Å². The van der Waals surface area contributed by atoms with Gasteiger partial charge in [-0.05, 0) is 45.1 Å². The number of nitrogens with one attached hydrogen (secondary N) is 2. The molecule has 6 nitrogen and oxygen atoms in total. The van der Waals surface area contributed by atoms with E-state index in [4.69, 9.17) is 4.74 Å². The summed E-state index contributed by atoms with van der Waals surface area (Å²) < 4.78 is 5.51. The molecule has 0 bridgehead atoms. The molecular weight excluding hydrogens is 453 g/mol. The Labute approximate surface area is 183 Å². The molecule has 0 aromatic carbocycles. The van der Waals surface area contributed by atoms with Crippen LogP contribution in [0, 0.1) is 11.8 Å². The van der Waals surface area contributed by atoms with Crippen LogP contribution in [0.1, 0.15) is 40.5 Å². The lowest BCUT2D eigenvalue weighted by atomic mass is 9.97. The first-order valence-corrected chi connectivity index (χ1v) is 10.5. The van der Waals surface area contributed by atoms with E-state index in [0.717, 1.165) is 45.4 Å². The largest absolute Gasteiger partial charge is 0.379 e. The Hall–Kier alpha value is -0.120. The third-order valence-corrected chi connectivity index (χ3v) is 5.83. The van der Waals surface area contributed by atoms with Gasteiger partial charge >= 0.3 is 0 Å². The van der Waals surface area contributed by atoms with Gasteiger partial charge in [0.15, 0.2) is 5.96 Å². The SMILES string of the molecule is CN=C(NCC1CCCN(C(C)C)C1)NCC(C(C)C)N1CCOCC1.I. The fraction of sp³-hybridized carbons (Fsp3) is 0.950. The summed E-state index contributed by atoms with van der Waals surface area (Å²) in [6, 6.07) is 1.17. The summed E-state index contributed by atoms with van der Waals surface area (Å²) in [4.78, 5) is 9.59. The number of ether oxygens (including phenoxy) is 1. The van der Waals surface area contributed by atoms with Crippen molar-refractivity contribution in [2.24, 2.45) is 16.8 Å². The molecule has 2 N–H and O–H groups in total. The zero-order valence-corrected chi connectivity index (χ0v) is 20.4. The maximum Gasteiger partial charge on any atom is 0.191 e. The average molecular weight is 495 g/mol. The van der Waals surface area contributed by atoms with Crippen molar-refractivity contribution in [1.29, 1.82) is 0 Å².